The molecule has 3 nitrogen and oxygen atoms in total. The molecule has 8 heteroatoms. The number of thioether (sulfide) groups is 1. The zero-order valence-electron chi connectivity index (χ0n) is 9.16. The van der Waals surface area contributed by atoms with Crippen LogP contribution in [0.3, 0.4) is 0 Å². The lowest BCUT2D eigenvalue weighted by Gasteiger charge is -2.11. The van der Waals surface area contributed by atoms with E-state index in [4.69, 9.17) is 16.7 Å². The van der Waals surface area contributed by atoms with E-state index in [-0.39, 0.29) is 21.7 Å². The van der Waals surface area contributed by atoms with Crippen molar-refractivity contribution < 1.29 is 23.1 Å². The largest absolute Gasteiger partial charge is 0.481 e. The van der Waals surface area contributed by atoms with Crippen LogP contribution in [0.2, 0.25) is 5.02 Å². The van der Waals surface area contributed by atoms with Crippen LogP contribution < -0.4 is 0 Å². The van der Waals surface area contributed by atoms with Crippen LogP contribution in [0.15, 0.2) is 17.3 Å². The number of halogens is 4. The fourth-order valence-corrected chi connectivity index (χ4v) is 2.34. The lowest BCUT2D eigenvalue weighted by molar-refractivity contribution is -0.138. The number of carboxylic acid groups (broad SMARTS) is 1. The molecule has 1 heterocycles. The van der Waals surface area contributed by atoms with Crippen molar-refractivity contribution in [3.05, 3.63) is 22.8 Å². The Morgan fingerprint density at radius 2 is 2.22 bits per heavy atom. The predicted octanol–water partition coefficient (Wildman–Crippen LogP) is 3.71. The number of pyridine rings is 1. The van der Waals surface area contributed by atoms with Crippen LogP contribution in [0.25, 0.3) is 0 Å². The van der Waals surface area contributed by atoms with Gasteiger partial charge in [0.25, 0.3) is 0 Å². The van der Waals surface area contributed by atoms with E-state index < -0.39 is 17.7 Å². The van der Waals surface area contributed by atoms with Crippen LogP contribution >= 0.6 is 23.4 Å². The van der Waals surface area contributed by atoms with E-state index in [1.165, 1.54) is 0 Å². The predicted molar refractivity (Wildman–Crippen MR) is 61.8 cm³/mol. The van der Waals surface area contributed by atoms with E-state index in [1.807, 2.05) is 0 Å². The minimum absolute atomic E-state index is 0.121. The molecule has 1 atom stereocenters. The average molecular weight is 300 g/mol. The van der Waals surface area contributed by atoms with Crippen LogP contribution in [-0.4, -0.2) is 21.3 Å². The first-order chi connectivity index (χ1) is 8.20. The van der Waals surface area contributed by atoms with Crippen LogP contribution in [-0.2, 0) is 11.0 Å². The lowest BCUT2D eigenvalue weighted by Crippen LogP contribution is -2.08. The maximum Gasteiger partial charge on any atom is 0.417 e. The molecule has 1 unspecified atom stereocenters. The standard InChI is InChI=1S/C10H9ClF3NO2S/c1-5(2-8(16)17)18-9-7(11)3-6(4-15-9)10(12,13)14/h3-5H,2H2,1H3,(H,16,17). The third-order valence-corrected chi connectivity index (χ3v) is 3.43. The number of nitrogens with zero attached hydrogens (tertiary/aromatic N) is 1. The molecule has 0 fully saturated rings. The molecule has 0 saturated heterocycles. The van der Waals surface area contributed by atoms with Gasteiger partial charge in [0.05, 0.1) is 17.0 Å². The van der Waals surface area contributed by atoms with Crippen molar-refractivity contribution in [2.45, 2.75) is 29.8 Å². The molecule has 100 valence electrons. The van der Waals surface area contributed by atoms with Crippen molar-refractivity contribution in [2.24, 2.45) is 0 Å². The van der Waals surface area contributed by atoms with Gasteiger partial charge in [-0.3, -0.25) is 4.79 Å². The summed E-state index contributed by atoms with van der Waals surface area (Å²) in [5, 5.41) is 8.30. The molecule has 0 aromatic carbocycles. The molecule has 1 rings (SSSR count). The summed E-state index contributed by atoms with van der Waals surface area (Å²) in [6.07, 6.45) is -3.93. The van der Waals surface area contributed by atoms with E-state index in [2.05, 4.69) is 4.98 Å². The molecule has 1 aromatic rings. The number of rotatable bonds is 4. The van der Waals surface area contributed by atoms with Gasteiger partial charge in [0, 0.05) is 11.4 Å². The Labute approximate surface area is 110 Å². The number of aromatic nitrogens is 1. The summed E-state index contributed by atoms with van der Waals surface area (Å²) in [6, 6.07) is 0.782. The lowest BCUT2D eigenvalue weighted by atomic mass is 10.3. The molecule has 0 bridgehead atoms. The summed E-state index contributed by atoms with van der Waals surface area (Å²) < 4.78 is 37.1. The van der Waals surface area contributed by atoms with E-state index in [1.54, 1.807) is 6.92 Å². The Bertz CT molecular complexity index is 453. The maximum atomic E-state index is 12.4. The minimum Gasteiger partial charge on any atom is -0.481 e. The van der Waals surface area contributed by atoms with E-state index in [0.717, 1.165) is 17.8 Å². The van der Waals surface area contributed by atoms with Crippen molar-refractivity contribution in [1.82, 2.24) is 4.98 Å². The summed E-state index contributed by atoms with van der Waals surface area (Å²) in [7, 11) is 0. The van der Waals surface area contributed by atoms with Crippen LogP contribution in [0.1, 0.15) is 18.9 Å². The van der Waals surface area contributed by atoms with Crippen LogP contribution in [0.4, 0.5) is 13.2 Å². The summed E-state index contributed by atoms with van der Waals surface area (Å²) >= 11 is 6.71. The van der Waals surface area contributed by atoms with E-state index in [9.17, 15) is 18.0 Å². The Kier molecular flexibility index (Phi) is 4.86. The van der Waals surface area contributed by atoms with Gasteiger partial charge in [-0.25, -0.2) is 4.98 Å². The molecule has 1 N–H and O–H groups in total. The highest BCUT2D eigenvalue weighted by molar-refractivity contribution is 8.00. The first-order valence-electron chi connectivity index (χ1n) is 4.81. The zero-order chi connectivity index (χ0) is 13.9. The van der Waals surface area contributed by atoms with Gasteiger partial charge in [-0.1, -0.05) is 18.5 Å². The summed E-state index contributed by atoms with van der Waals surface area (Å²) in [5.74, 6) is -0.988. The molecule has 0 aliphatic rings. The second kappa shape index (κ2) is 5.79. The van der Waals surface area contributed by atoms with Crippen LogP contribution in [0.5, 0.6) is 0 Å². The Hall–Kier alpha value is -0.950. The van der Waals surface area contributed by atoms with Crippen molar-refractivity contribution in [2.75, 3.05) is 0 Å². The molecule has 1 aromatic heterocycles. The third-order valence-electron chi connectivity index (χ3n) is 1.91. The monoisotopic (exact) mass is 299 g/mol. The molecule has 18 heavy (non-hydrogen) atoms. The van der Waals surface area contributed by atoms with Crippen molar-refractivity contribution in [1.29, 1.82) is 0 Å². The van der Waals surface area contributed by atoms with Gasteiger partial charge in [-0.2, -0.15) is 13.2 Å². The number of hydrogen-bond donors (Lipinski definition) is 1. The van der Waals surface area contributed by atoms with Gasteiger partial charge in [-0.05, 0) is 6.07 Å². The highest BCUT2D eigenvalue weighted by Crippen LogP contribution is 2.35. The summed E-state index contributed by atoms with van der Waals surface area (Å²) in [6.45, 7) is 1.63. The SMILES string of the molecule is CC(CC(=O)O)Sc1ncc(C(F)(F)F)cc1Cl. The number of aliphatic carboxylic acids is 1. The normalized spacial score (nSPS) is 13.4. The average Bonchev–Trinajstić information content (AvgIpc) is 2.18. The Morgan fingerprint density at radius 1 is 1.61 bits per heavy atom. The highest BCUT2D eigenvalue weighted by atomic mass is 35.5. The quantitative estimate of drug-likeness (QED) is 0.861. The van der Waals surface area contributed by atoms with Gasteiger partial charge in [-0.15, -0.1) is 11.8 Å². The van der Waals surface area contributed by atoms with Crippen molar-refractivity contribution in [3.8, 4) is 0 Å². The molecule has 0 aliphatic carbocycles. The minimum atomic E-state index is -4.49. The van der Waals surface area contributed by atoms with Crippen molar-refractivity contribution >= 4 is 29.3 Å². The molecule has 0 amide bonds. The van der Waals surface area contributed by atoms with E-state index in [0.29, 0.717) is 6.20 Å². The Morgan fingerprint density at radius 3 is 2.67 bits per heavy atom. The number of hydrogen-bond acceptors (Lipinski definition) is 3. The summed E-state index contributed by atoms with van der Waals surface area (Å²) in [5.41, 5.74) is -0.928. The van der Waals surface area contributed by atoms with Crippen molar-refractivity contribution in [3.63, 3.8) is 0 Å². The third kappa shape index (κ3) is 4.38. The number of carbonyl (C=O) groups is 1. The van der Waals surface area contributed by atoms with Gasteiger partial charge in [0.1, 0.15) is 5.03 Å². The molecule has 0 radical (unpaired) electrons. The topological polar surface area (TPSA) is 50.2 Å². The second-order valence-corrected chi connectivity index (χ2v) is 5.37. The molecule has 0 aliphatic heterocycles. The molecule has 0 saturated carbocycles. The molecule has 0 spiro atoms. The van der Waals surface area contributed by atoms with Crippen LogP contribution in [0, 0.1) is 0 Å². The first kappa shape index (κ1) is 15.1. The first-order valence-corrected chi connectivity index (χ1v) is 6.07. The fraction of sp³-hybridized carbons (Fsp3) is 0.400. The second-order valence-electron chi connectivity index (χ2n) is 3.54. The van der Waals surface area contributed by atoms with Gasteiger partial charge in [0.2, 0.25) is 0 Å². The van der Waals surface area contributed by atoms with Gasteiger partial charge in [0.15, 0.2) is 0 Å². The number of carboxylic acids is 1. The van der Waals surface area contributed by atoms with Gasteiger partial charge >= 0.3 is 12.1 Å². The zero-order valence-corrected chi connectivity index (χ0v) is 10.7. The Balaban J connectivity index is 2.83. The highest BCUT2D eigenvalue weighted by Gasteiger charge is 2.31. The van der Waals surface area contributed by atoms with E-state index >= 15 is 0 Å². The number of alkyl halides is 3. The van der Waals surface area contributed by atoms with Gasteiger partial charge < -0.3 is 5.11 Å². The molecular weight excluding hydrogens is 291 g/mol. The maximum absolute atomic E-state index is 12.4. The molecular formula is C10H9ClF3NO2S. The summed E-state index contributed by atoms with van der Waals surface area (Å²) in [4.78, 5) is 14.1. The smallest absolute Gasteiger partial charge is 0.417 e. The fourth-order valence-electron chi connectivity index (χ4n) is 1.15.